The van der Waals surface area contributed by atoms with Gasteiger partial charge in [0.2, 0.25) is 0 Å². The van der Waals surface area contributed by atoms with Crippen LogP contribution < -0.4 is 0 Å². The molecular formula is C12H6BrF2N3. The van der Waals surface area contributed by atoms with Gasteiger partial charge in [-0.1, -0.05) is 6.07 Å². The third-order valence-corrected chi connectivity index (χ3v) is 2.94. The molecule has 18 heavy (non-hydrogen) atoms. The van der Waals surface area contributed by atoms with E-state index in [-0.39, 0.29) is 11.4 Å². The van der Waals surface area contributed by atoms with E-state index in [4.69, 9.17) is 0 Å². The minimum Gasteiger partial charge on any atom is -0.336 e. The Morgan fingerprint density at radius 1 is 1.17 bits per heavy atom. The summed E-state index contributed by atoms with van der Waals surface area (Å²) in [6, 6.07) is 5.44. The van der Waals surface area contributed by atoms with E-state index in [1.54, 1.807) is 12.3 Å². The van der Waals surface area contributed by atoms with Crippen LogP contribution in [-0.2, 0) is 0 Å². The summed E-state index contributed by atoms with van der Waals surface area (Å²) in [6.45, 7) is 0. The molecule has 90 valence electrons. The number of nitrogens with zero attached hydrogens (tertiary/aromatic N) is 2. The zero-order valence-electron chi connectivity index (χ0n) is 8.92. The van der Waals surface area contributed by atoms with Gasteiger partial charge in [0.25, 0.3) is 0 Å². The van der Waals surface area contributed by atoms with Gasteiger partial charge in [-0.2, -0.15) is 0 Å². The number of hydrogen-bond donors (Lipinski definition) is 1. The third kappa shape index (κ3) is 1.78. The Morgan fingerprint density at radius 3 is 2.61 bits per heavy atom. The first-order valence-electron chi connectivity index (χ1n) is 5.11. The molecule has 0 fully saturated rings. The summed E-state index contributed by atoms with van der Waals surface area (Å²) >= 11 is 3.27. The lowest BCUT2D eigenvalue weighted by Crippen LogP contribution is -1.91. The van der Waals surface area contributed by atoms with Crippen molar-refractivity contribution in [3.63, 3.8) is 0 Å². The minimum absolute atomic E-state index is 0.131. The summed E-state index contributed by atoms with van der Waals surface area (Å²) in [5, 5.41) is 0. The molecule has 1 aromatic carbocycles. The van der Waals surface area contributed by atoms with Crippen LogP contribution in [0.15, 0.2) is 34.9 Å². The fraction of sp³-hybridized carbons (Fsp3) is 0. The van der Waals surface area contributed by atoms with Crippen molar-refractivity contribution < 1.29 is 8.78 Å². The van der Waals surface area contributed by atoms with Gasteiger partial charge in [0, 0.05) is 10.7 Å². The predicted molar refractivity (Wildman–Crippen MR) is 66.9 cm³/mol. The van der Waals surface area contributed by atoms with Crippen LogP contribution in [0.1, 0.15) is 0 Å². The van der Waals surface area contributed by atoms with Crippen LogP contribution >= 0.6 is 15.9 Å². The molecule has 0 saturated heterocycles. The van der Waals surface area contributed by atoms with Crippen LogP contribution in [0.5, 0.6) is 0 Å². The van der Waals surface area contributed by atoms with Crippen molar-refractivity contribution in [2.45, 2.75) is 0 Å². The molecule has 0 bridgehead atoms. The number of nitrogens with one attached hydrogen (secondary N) is 1. The molecule has 0 radical (unpaired) electrons. The van der Waals surface area contributed by atoms with Crippen molar-refractivity contribution in [2.75, 3.05) is 0 Å². The summed E-state index contributed by atoms with van der Waals surface area (Å²) in [4.78, 5) is 11.0. The van der Waals surface area contributed by atoms with Crippen LogP contribution in [0.2, 0.25) is 0 Å². The quantitative estimate of drug-likeness (QED) is 0.745. The van der Waals surface area contributed by atoms with Crippen LogP contribution in [0.3, 0.4) is 0 Å². The number of rotatable bonds is 1. The van der Waals surface area contributed by atoms with E-state index >= 15 is 0 Å². The maximum Gasteiger partial charge on any atom is 0.178 e. The first kappa shape index (κ1) is 11.3. The highest BCUT2D eigenvalue weighted by Crippen LogP contribution is 2.25. The van der Waals surface area contributed by atoms with Crippen molar-refractivity contribution in [3.8, 4) is 11.4 Å². The van der Waals surface area contributed by atoms with Crippen molar-refractivity contribution in [2.24, 2.45) is 0 Å². The molecule has 0 aliphatic heterocycles. The van der Waals surface area contributed by atoms with Crippen molar-refractivity contribution >= 4 is 27.1 Å². The van der Waals surface area contributed by atoms with Gasteiger partial charge in [-0.3, -0.25) is 0 Å². The Bertz CT molecular complexity index is 719. The highest BCUT2D eigenvalue weighted by molar-refractivity contribution is 9.10. The van der Waals surface area contributed by atoms with Crippen molar-refractivity contribution in [1.82, 2.24) is 15.0 Å². The standard InChI is InChI=1S/C12H6BrF2N3/c13-6-4-9-11(16-5-6)18-12(17-9)10-7(14)2-1-3-8(10)15/h1-5H,(H,16,17,18). The molecule has 2 aromatic heterocycles. The van der Waals surface area contributed by atoms with Gasteiger partial charge >= 0.3 is 0 Å². The number of fused-ring (bicyclic) bond motifs is 1. The Morgan fingerprint density at radius 2 is 1.89 bits per heavy atom. The Kier molecular flexibility index (Phi) is 2.59. The monoisotopic (exact) mass is 309 g/mol. The molecule has 1 N–H and O–H groups in total. The van der Waals surface area contributed by atoms with E-state index in [1.807, 2.05) is 0 Å². The van der Waals surface area contributed by atoms with Crippen LogP contribution in [0.4, 0.5) is 8.78 Å². The Balaban J connectivity index is 2.26. The number of hydrogen-bond acceptors (Lipinski definition) is 2. The van der Waals surface area contributed by atoms with E-state index in [2.05, 4.69) is 30.9 Å². The highest BCUT2D eigenvalue weighted by Gasteiger charge is 2.15. The van der Waals surface area contributed by atoms with Gasteiger partial charge < -0.3 is 4.98 Å². The SMILES string of the molecule is Fc1cccc(F)c1-c1nc2ncc(Br)cc2[nH]1. The van der Waals surface area contributed by atoms with E-state index in [1.165, 1.54) is 18.2 Å². The zero-order chi connectivity index (χ0) is 12.7. The first-order valence-corrected chi connectivity index (χ1v) is 5.90. The fourth-order valence-electron chi connectivity index (χ4n) is 1.72. The average molecular weight is 310 g/mol. The summed E-state index contributed by atoms with van der Waals surface area (Å²) < 4.78 is 28.0. The first-order chi connectivity index (χ1) is 8.65. The molecule has 6 heteroatoms. The van der Waals surface area contributed by atoms with E-state index in [0.29, 0.717) is 11.2 Å². The predicted octanol–water partition coefficient (Wildman–Crippen LogP) is 3.67. The van der Waals surface area contributed by atoms with Crippen LogP contribution in [0.25, 0.3) is 22.6 Å². The van der Waals surface area contributed by atoms with Gasteiger partial charge in [0.05, 0.1) is 11.1 Å². The molecule has 0 amide bonds. The smallest absolute Gasteiger partial charge is 0.178 e. The molecule has 0 atom stereocenters. The lowest BCUT2D eigenvalue weighted by molar-refractivity contribution is 0.588. The summed E-state index contributed by atoms with van der Waals surface area (Å²) in [6.07, 6.45) is 1.57. The number of aromatic amines is 1. The van der Waals surface area contributed by atoms with Crippen molar-refractivity contribution in [1.29, 1.82) is 0 Å². The molecule has 3 nitrogen and oxygen atoms in total. The molecule has 0 saturated carbocycles. The van der Waals surface area contributed by atoms with E-state index in [0.717, 1.165) is 4.47 Å². The highest BCUT2D eigenvalue weighted by atomic mass is 79.9. The molecule has 2 heterocycles. The minimum atomic E-state index is -0.659. The molecule has 0 spiro atoms. The third-order valence-electron chi connectivity index (χ3n) is 2.50. The number of imidazole rings is 1. The van der Waals surface area contributed by atoms with Gasteiger partial charge in [0.1, 0.15) is 17.5 Å². The van der Waals surface area contributed by atoms with Gasteiger partial charge in [0.15, 0.2) is 5.65 Å². The summed E-state index contributed by atoms with van der Waals surface area (Å²) in [5.41, 5.74) is 0.851. The number of aromatic nitrogens is 3. The lowest BCUT2D eigenvalue weighted by Gasteiger charge is -1.99. The normalized spacial score (nSPS) is 11.1. The second kappa shape index (κ2) is 4.13. The Hall–Kier alpha value is -1.82. The molecule has 3 aromatic rings. The maximum atomic E-state index is 13.6. The van der Waals surface area contributed by atoms with E-state index < -0.39 is 11.6 Å². The van der Waals surface area contributed by atoms with E-state index in [9.17, 15) is 8.78 Å². The largest absolute Gasteiger partial charge is 0.336 e. The summed E-state index contributed by atoms with van der Waals surface area (Å²) in [7, 11) is 0. The lowest BCUT2D eigenvalue weighted by atomic mass is 10.2. The zero-order valence-corrected chi connectivity index (χ0v) is 10.5. The van der Waals surface area contributed by atoms with Gasteiger partial charge in [-0.15, -0.1) is 0 Å². The fourth-order valence-corrected chi connectivity index (χ4v) is 2.05. The molecule has 0 aliphatic carbocycles. The maximum absolute atomic E-state index is 13.6. The van der Waals surface area contributed by atoms with Gasteiger partial charge in [-0.05, 0) is 34.1 Å². The summed E-state index contributed by atoms with van der Waals surface area (Å²) in [5.74, 6) is -1.19. The number of pyridine rings is 1. The van der Waals surface area contributed by atoms with Gasteiger partial charge in [-0.25, -0.2) is 18.7 Å². The molecule has 3 rings (SSSR count). The molecular weight excluding hydrogens is 304 g/mol. The Labute approximate surface area is 109 Å². The number of halogens is 3. The van der Waals surface area contributed by atoms with Crippen molar-refractivity contribution in [3.05, 3.63) is 46.6 Å². The molecule has 0 aliphatic rings. The van der Waals surface area contributed by atoms with Crippen LogP contribution in [0, 0.1) is 11.6 Å². The number of H-pyrrole nitrogens is 1. The number of benzene rings is 1. The molecule has 0 unspecified atom stereocenters. The van der Waals surface area contributed by atoms with Crippen LogP contribution in [-0.4, -0.2) is 15.0 Å². The topological polar surface area (TPSA) is 41.6 Å². The second-order valence-corrected chi connectivity index (χ2v) is 4.62. The average Bonchev–Trinajstić information content (AvgIpc) is 2.71. The second-order valence-electron chi connectivity index (χ2n) is 3.71.